The first-order valence-corrected chi connectivity index (χ1v) is 24.5. The Morgan fingerprint density at radius 2 is 0.632 bits per heavy atom. The molecule has 332 valence electrons. The molecule has 6 heteroatoms. The van der Waals surface area contributed by atoms with Crippen molar-refractivity contribution < 1.29 is 28.6 Å². The van der Waals surface area contributed by atoms with E-state index < -0.39 is 6.10 Å². The Labute approximate surface area is 353 Å². The van der Waals surface area contributed by atoms with E-state index in [0.29, 0.717) is 19.3 Å². The highest BCUT2D eigenvalue weighted by Gasteiger charge is 2.19. The molecule has 0 saturated carbocycles. The summed E-state index contributed by atoms with van der Waals surface area (Å²) in [4.78, 5) is 37.6. The predicted octanol–water partition coefficient (Wildman–Crippen LogP) is 15.8. The Hall–Kier alpha value is -2.37. The number of ether oxygens (including phenoxy) is 3. The van der Waals surface area contributed by atoms with Crippen LogP contribution in [0.2, 0.25) is 0 Å². The lowest BCUT2D eigenvalue weighted by molar-refractivity contribution is -0.167. The summed E-state index contributed by atoms with van der Waals surface area (Å²) in [6.45, 7) is 6.52. The van der Waals surface area contributed by atoms with Crippen molar-refractivity contribution in [1.29, 1.82) is 0 Å². The van der Waals surface area contributed by atoms with Crippen molar-refractivity contribution in [2.45, 2.75) is 258 Å². The van der Waals surface area contributed by atoms with E-state index in [1.165, 1.54) is 122 Å². The van der Waals surface area contributed by atoms with Crippen LogP contribution in [0.25, 0.3) is 0 Å². The average molecular weight is 801 g/mol. The van der Waals surface area contributed by atoms with Gasteiger partial charge in [0.2, 0.25) is 0 Å². The van der Waals surface area contributed by atoms with E-state index in [1.807, 2.05) is 0 Å². The van der Waals surface area contributed by atoms with E-state index >= 15 is 0 Å². The Bertz CT molecular complexity index is 969. The summed E-state index contributed by atoms with van der Waals surface area (Å²) in [6, 6.07) is 0. The minimum Gasteiger partial charge on any atom is -0.462 e. The molecule has 0 saturated heterocycles. The zero-order valence-corrected chi connectivity index (χ0v) is 37.9. The lowest BCUT2D eigenvalue weighted by Crippen LogP contribution is -2.30. The van der Waals surface area contributed by atoms with Crippen LogP contribution in [0.5, 0.6) is 0 Å². The molecular weight excluding hydrogens is 709 g/mol. The highest BCUT2D eigenvalue weighted by atomic mass is 16.6. The van der Waals surface area contributed by atoms with Crippen LogP contribution in [0.3, 0.4) is 0 Å². The van der Waals surface area contributed by atoms with E-state index in [4.69, 9.17) is 14.2 Å². The van der Waals surface area contributed by atoms with Crippen LogP contribution in [0.4, 0.5) is 0 Å². The second-order valence-electron chi connectivity index (χ2n) is 16.4. The van der Waals surface area contributed by atoms with E-state index in [0.717, 1.165) is 89.9 Å². The Morgan fingerprint density at radius 3 is 1.02 bits per heavy atom. The average Bonchev–Trinajstić information content (AvgIpc) is 3.21. The zero-order valence-electron chi connectivity index (χ0n) is 37.9. The number of allylic oxidation sites excluding steroid dienone is 6. The first-order valence-electron chi connectivity index (χ1n) is 24.5. The molecule has 1 atom stereocenters. The highest BCUT2D eigenvalue weighted by molar-refractivity contribution is 5.71. The highest BCUT2D eigenvalue weighted by Crippen LogP contribution is 2.14. The van der Waals surface area contributed by atoms with E-state index in [9.17, 15) is 14.4 Å². The van der Waals surface area contributed by atoms with Crippen molar-refractivity contribution in [2.24, 2.45) is 0 Å². The van der Waals surface area contributed by atoms with Crippen molar-refractivity contribution in [3.05, 3.63) is 36.5 Å². The number of carbonyl (C=O) groups is 3. The number of hydrogen-bond acceptors (Lipinski definition) is 6. The molecule has 0 aliphatic carbocycles. The summed E-state index contributed by atoms with van der Waals surface area (Å²) >= 11 is 0. The molecule has 0 radical (unpaired) electrons. The zero-order chi connectivity index (χ0) is 41.5. The van der Waals surface area contributed by atoms with Crippen LogP contribution < -0.4 is 0 Å². The molecule has 0 aromatic heterocycles. The number of hydrogen-bond donors (Lipinski definition) is 0. The summed E-state index contributed by atoms with van der Waals surface area (Å²) in [7, 11) is 0. The second-order valence-corrected chi connectivity index (χ2v) is 16.4. The van der Waals surface area contributed by atoms with Gasteiger partial charge in [0.25, 0.3) is 0 Å². The quantitative estimate of drug-likeness (QED) is 0.0264. The molecule has 0 rings (SSSR count). The molecule has 0 bridgehead atoms. The van der Waals surface area contributed by atoms with Crippen molar-refractivity contribution in [1.82, 2.24) is 0 Å². The monoisotopic (exact) mass is 801 g/mol. The molecule has 0 N–H and O–H groups in total. The molecule has 57 heavy (non-hydrogen) atoms. The van der Waals surface area contributed by atoms with E-state index in [-0.39, 0.29) is 31.1 Å². The van der Waals surface area contributed by atoms with Crippen molar-refractivity contribution in [3.63, 3.8) is 0 Å². The molecule has 0 spiro atoms. The first kappa shape index (κ1) is 54.6. The fraction of sp³-hybridized carbons (Fsp3) is 0.824. The standard InChI is InChI=1S/C51H92O6/c1-4-7-10-13-15-17-19-21-23-24-25-26-28-29-31-33-35-38-41-44-50(53)56-47-48(46-55-49(52)43-40-37-12-9-6-3)57-51(54)45-42-39-36-34-32-30-27-22-20-18-16-14-11-8-5-2/h16,18,21-23,27,48H,4-15,17,19-20,24-26,28-47H2,1-3H3/b18-16-,23-21-,27-22-. The number of rotatable bonds is 44. The minimum absolute atomic E-state index is 0.0779. The van der Waals surface area contributed by atoms with Gasteiger partial charge in [-0.3, -0.25) is 14.4 Å². The third kappa shape index (κ3) is 44.6. The van der Waals surface area contributed by atoms with Crippen LogP contribution in [0.1, 0.15) is 252 Å². The SMILES string of the molecule is CCCCC/C=C\C/C=C\CCCCCCCC(=O)OC(COC(=O)CCCCCCC)COC(=O)CCCCCCCCCCC/C=C\CCCCCCCC. The topological polar surface area (TPSA) is 78.9 Å². The second kappa shape index (κ2) is 46.3. The van der Waals surface area contributed by atoms with Gasteiger partial charge < -0.3 is 14.2 Å². The largest absolute Gasteiger partial charge is 0.462 e. The van der Waals surface area contributed by atoms with Gasteiger partial charge in [0, 0.05) is 19.3 Å². The van der Waals surface area contributed by atoms with Crippen LogP contribution in [0.15, 0.2) is 36.5 Å². The Balaban J connectivity index is 4.18. The van der Waals surface area contributed by atoms with E-state index in [2.05, 4.69) is 57.2 Å². The third-order valence-electron chi connectivity index (χ3n) is 10.6. The molecule has 0 aromatic rings. The fourth-order valence-corrected chi connectivity index (χ4v) is 6.88. The maximum absolute atomic E-state index is 12.7. The maximum Gasteiger partial charge on any atom is 0.306 e. The van der Waals surface area contributed by atoms with Crippen LogP contribution in [-0.2, 0) is 28.6 Å². The predicted molar refractivity (Wildman–Crippen MR) is 242 cm³/mol. The lowest BCUT2D eigenvalue weighted by Gasteiger charge is -2.18. The summed E-state index contributed by atoms with van der Waals surface area (Å²) in [5.74, 6) is -0.903. The molecule has 0 fully saturated rings. The lowest BCUT2D eigenvalue weighted by atomic mass is 10.1. The number of unbranched alkanes of at least 4 members (excludes halogenated alkanes) is 27. The minimum atomic E-state index is -0.774. The maximum atomic E-state index is 12.7. The summed E-state index contributed by atoms with van der Waals surface area (Å²) < 4.78 is 16.6. The van der Waals surface area contributed by atoms with Gasteiger partial charge in [0.05, 0.1) is 0 Å². The van der Waals surface area contributed by atoms with Crippen LogP contribution in [0, 0.1) is 0 Å². The molecular formula is C51H92O6. The van der Waals surface area contributed by atoms with Gasteiger partial charge in [-0.25, -0.2) is 0 Å². The van der Waals surface area contributed by atoms with Gasteiger partial charge in [0.15, 0.2) is 6.10 Å². The Kier molecular flexibility index (Phi) is 44.4. The van der Waals surface area contributed by atoms with Crippen LogP contribution >= 0.6 is 0 Å². The summed E-state index contributed by atoms with van der Waals surface area (Å²) in [5, 5.41) is 0. The number of carbonyl (C=O) groups excluding carboxylic acids is 3. The normalized spacial score (nSPS) is 12.3. The Morgan fingerprint density at radius 1 is 0.351 bits per heavy atom. The smallest absolute Gasteiger partial charge is 0.306 e. The molecule has 0 amide bonds. The third-order valence-corrected chi connectivity index (χ3v) is 10.6. The molecule has 0 aromatic carbocycles. The van der Waals surface area contributed by atoms with Gasteiger partial charge in [0.1, 0.15) is 13.2 Å². The van der Waals surface area contributed by atoms with Gasteiger partial charge in [-0.15, -0.1) is 0 Å². The molecule has 1 unspecified atom stereocenters. The van der Waals surface area contributed by atoms with Gasteiger partial charge in [-0.05, 0) is 77.0 Å². The van der Waals surface area contributed by atoms with Crippen molar-refractivity contribution in [2.75, 3.05) is 13.2 Å². The summed E-state index contributed by atoms with van der Waals surface area (Å²) in [6.07, 6.45) is 53.0. The van der Waals surface area contributed by atoms with Gasteiger partial charge in [-0.1, -0.05) is 192 Å². The fourth-order valence-electron chi connectivity index (χ4n) is 6.88. The molecule has 0 aliphatic heterocycles. The molecule has 6 nitrogen and oxygen atoms in total. The van der Waals surface area contributed by atoms with E-state index in [1.54, 1.807) is 0 Å². The molecule has 0 aliphatic rings. The van der Waals surface area contributed by atoms with Crippen molar-refractivity contribution >= 4 is 17.9 Å². The van der Waals surface area contributed by atoms with Crippen molar-refractivity contribution in [3.8, 4) is 0 Å². The summed E-state index contributed by atoms with van der Waals surface area (Å²) in [5.41, 5.74) is 0. The first-order chi connectivity index (χ1) is 28.0. The number of esters is 3. The van der Waals surface area contributed by atoms with Gasteiger partial charge in [-0.2, -0.15) is 0 Å². The molecule has 0 heterocycles. The van der Waals surface area contributed by atoms with Crippen LogP contribution in [-0.4, -0.2) is 37.2 Å². The van der Waals surface area contributed by atoms with Gasteiger partial charge >= 0.3 is 17.9 Å².